The molecule has 0 aliphatic heterocycles. The lowest BCUT2D eigenvalue weighted by Gasteiger charge is -2.00. The van der Waals surface area contributed by atoms with Crippen molar-refractivity contribution in [2.24, 2.45) is 0 Å². The van der Waals surface area contributed by atoms with Crippen LogP contribution in [0, 0.1) is 5.82 Å². The van der Waals surface area contributed by atoms with Gasteiger partial charge < -0.3 is 15.0 Å². The Balaban J connectivity index is 2.00. The van der Waals surface area contributed by atoms with Crippen molar-refractivity contribution in [3.8, 4) is 11.5 Å². The molecule has 108 valence electrons. The first-order chi connectivity index (χ1) is 9.56. The predicted octanol–water partition coefficient (Wildman–Crippen LogP) is 2.28. The summed E-state index contributed by atoms with van der Waals surface area (Å²) < 4.78 is 46.8. The van der Waals surface area contributed by atoms with Crippen molar-refractivity contribution < 1.29 is 22.4 Å². The molecule has 0 aliphatic carbocycles. The van der Waals surface area contributed by atoms with Crippen molar-refractivity contribution in [2.45, 2.75) is 12.8 Å². The Hall–Kier alpha value is -2.09. The highest BCUT2D eigenvalue weighted by atomic mass is 19.3. The van der Waals surface area contributed by atoms with Gasteiger partial charge in [0.1, 0.15) is 12.4 Å². The van der Waals surface area contributed by atoms with Gasteiger partial charge in [0.2, 0.25) is 0 Å². The highest BCUT2D eigenvalue weighted by molar-refractivity contribution is 5.60. The molecule has 0 spiro atoms. The van der Waals surface area contributed by atoms with Crippen LogP contribution < -0.4 is 5.73 Å². The first-order valence-corrected chi connectivity index (χ1v) is 5.80. The number of hydrogen-bond donors (Lipinski definition) is 1. The van der Waals surface area contributed by atoms with Crippen LogP contribution in [0.15, 0.2) is 22.7 Å². The van der Waals surface area contributed by atoms with Gasteiger partial charge in [-0.1, -0.05) is 5.16 Å². The van der Waals surface area contributed by atoms with E-state index in [-0.39, 0.29) is 30.3 Å². The fourth-order valence-corrected chi connectivity index (χ4v) is 1.51. The van der Waals surface area contributed by atoms with E-state index in [4.69, 9.17) is 15.0 Å². The van der Waals surface area contributed by atoms with Gasteiger partial charge in [0.05, 0.1) is 12.2 Å². The molecule has 1 heterocycles. The molecular formula is C12H12F3N3O2. The van der Waals surface area contributed by atoms with E-state index < -0.39 is 18.8 Å². The zero-order valence-corrected chi connectivity index (χ0v) is 10.4. The summed E-state index contributed by atoms with van der Waals surface area (Å²) in [6.07, 6.45) is -2.32. The molecule has 20 heavy (non-hydrogen) atoms. The van der Waals surface area contributed by atoms with Crippen molar-refractivity contribution in [3.63, 3.8) is 0 Å². The second kappa shape index (κ2) is 6.38. The number of halogens is 3. The summed E-state index contributed by atoms with van der Waals surface area (Å²) in [4.78, 5) is 3.96. The normalized spacial score (nSPS) is 11.2. The maximum absolute atomic E-state index is 13.6. The van der Waals surface area contributed by atoms with Crippen LogP contribution in [-0.4, -0.2) is 29.8 Å². The molecule has 0 fully saturated rings. The van der Waals surface area contributed by atoms with Crippen molar-refractivity contribution in [1.82, 2.24) is 10.1 Å². The maximum Gasteiger partial charge on any atom is 0.261 e. The summed E-state index contributed by atoms with van der Waals surface area (Å²) >= 11 is 0. The molecule has 0 bridgehead atoms. The molecule has 0 aliphatic rings. The SMILES string of the molecule is Nc1ccc(F)c(-c2nc(CCOCC(F)F)no2)c1. The third-order valence-corrected chi connectivity index (χ3v) is 2.40. The van der Waals surface area contributed by atoms with Crippen LogP contribution >= 0.6 is 0 Å². The number of nitrogens with two attached hydrogens (primary N) is 1. The van der Waals surface area contributed by atoms with Crippen molar-refractivity contribution in [1.29, 1.82) is 0 Å². The second-order valence-electron chi connectivity index (χ2n) is 3.97. The van der Waals surface area contributed by atoms with Crippen LogP contribution in [0.5, 0.6) is 0 Å². The van der Waals surface area contributed by atoms with Gasteiger partial charge in [-0.25, -0.2) is 13.2 Å². The first kappa shape index (κ1) is 14.3. The summed E-state index contributed by atoms with van der Waals surface area (Å²) in [7, 11) is 0. The molecule has 1 aromatic heterocycles. The minimum atomic E-state index is -2.52. The largest absolute Gasteiger partial charge is 0.399 e. The number of anilines is 1. The standard InChI is InChI=1S/C12H12F3N3O2/c13-9-2-1-7(16)5-8(9)12-17-11(18-20-12)3-4-19-6-10(14)15/h1-2,5,10H,3-4,6,16H2. The van der Waals surface area contributed by atoms with E-state index in [1.807, 2.05) is 0 Å². The Labute approximate surface area is 112 Å². The predicted molar refractivity (Wildman–Crippen MR) is 64.6 cm³/mol. The third-order valence-electron chi connectivity index (χ3n) is 2.40. The molecule has 1 aromatic carbocycles. The number of ether oxygens (including phenoxy) is 1. The van der Waals surface area contributed by atoms with Crippen LogP contribution in [0.2, 0.25) is 0 Å². The molecule has 0 amide bonds. The van der Waals surface area contributed by atoms with E-state index in [2.05, 4.69) is 10.1 Å². The zero-order valence-electron chi connectivity index (χ0n) is 10.4. The topological polar surface area (TPSA) is 74.2 Å². The monoisotopic (exact) mass is 287 g/mol. The minimum Gasteiger partial charge on any atom is -0.399 e. The molecule has 0 unspecified atom stereocenters. The molecule has 5 nitrogen and oxygen atoms in total. The smallest absolute Gasteiger partial charge is 0.261 e. The van der Waals surface area contributed by atoms with E-state index in [9.17, 15) is 13.2 Å². The van der Waals surface area contributed by atoms with Gasteiger partial charge >= 0.3 is 0 Å². The van der Waals surface area contributed by atoms with Gasteiger partial charge in [-0.3, -0.25) is 0 Å². The lowest BCUT2D eigenvalue weighted by atomic mass is 10.2. The van der Waals surface area contributed by atoms with Gasteiger partial charge in [-0.15, -0.1) is 0 Å². The first-order valence-electron chi connectivity index (χ1n) is 5.80. The Kier molecular flexibility index (Phi) is 4.57. The fraction of sp³-hybridized carbons (Fsp3) is 0.333. The van der Waals surface area contributed by atoms with Crippen LogP contribution in [0.1, 0.15) is 5.82 Å². The third kappa shape index (κ3) is 3.70. The van der Waals surface area contributed by atoms with Gasteiger partial charge in [-0.2, -0.15) is 4.98 Å². The van der Waals surface area contributed by atoms with Crippen LogP contribution in [-0.2, 0) is 11.2 Å². The molecule has 2 aromatic rings. The van der Waals surface area contributed by atoms with Crippen molar-refractivity contribution >= 4 is 5.69 Å². The summed E-state index contributed by atoms with van der Waals surface area (Å²) in [5.74, 6) is -0.307. The van der Waals surface area contributed by atoms with Crippen molar-refractivity contribution in [3.05, 3.63) is 29.8 Å². The summed E-state index contributed by atoms with van der Waals surface area (Å²) in [6.45, 7) is -0.614. The lowest BCUT2D eigenvalue weighted by molar-refractivity contribution is 0.0182. The molecule has 0 radical (unpaired) electrons. The highest BCUT2D eigenvalue weighted by Gasteiger charge is 2.13. The molecule has 0 saturated heterocycles. The van der Waals surface area contributed by atoms with Crippen LogP contribution in [0.3, 0.4) is 0 Å². The Morgan fingerprint density at radius 1 is 1.35 bits per heavy atom. The molecule has 2 rings (SSSR count). The van der Waals surface area contributed by atoms with Crippen LogP contribution in [0.25, 0.3) is 11.5 Å². The van der Waals surface area contributed by atoms with Gasteiger partial charge in [0, 0.05) is 12.1 Å². The maximum atomic E-state index is 13.6. The number of alkyl halides is 2. The Morgan fingerprint density at radius 3 is 2.90 bits per heavy atom. The summed E-state index contributed by atoms with van der Waals surface area (Å²) in [5, 5.41) is 3.62. The lowest BCUT2D eigenvalue weighted by Crippen LogP contribution is -2.07. The molecule has 0 atom stereocenters. The minimum absolute atomic E-state index is 0.0151. The van der Waals surface area contributed by atoms with E-state index in [0.717, 1.165) is 0 Å². The quantitative estimate of drug-likeness (QED) is 0.651. The fourth-order valence-electron chi connectivity index (χ4n) is 1.51. The van der Waals surface area contributed by atoms with Crippen LogP contribution in [0.4, 0.5) is 18.9 Å². The number of rotatable bonds is 6. The Bertz CT molecular complexity index is 575. The van der Waals surface area contributed by atoms with Gasteiger partial charge in [0.15, 0.2) is 5.82 Å². The number of benzene rings is 1. The Morgan fingerprint density at radius 2 is 2.15 bits per heavy atom. The second-order valence-corrected chi connectivity index (χ2v) is 3.97. The summed E-state index contributed by atoms with van der Waals surface area (Å²) in [6, 6.07) is 3.98. The van der Waals surface area contributed by atoms with E-state index >= 15 is 0 Å². The molecule has 8 heteroatoms. The number of nitrogen functional groups attached to an aromatic ring is 1. The van der Waals surface area contributed by atoms with E-state index in [1.165, 1.54) is 18.2 Å². The van der Waals surface area contributed by atoms with Gasteiger partial charge in [-0.05, 0) is 18.2 Å². The van der Waals surface area contributed by atoms with E-state index in [0.29, 0.717) is 5.69 Å². The highest BCUT2D eigenvalue weighted by Crippen LogP contribution is 2.23. The zero-order chi connectivity index (χ0) is 14.5. The molecular weight excluding hydrogens is 275 g/mol. The molecule has 0 saturated carbocycles. The number of nitrogens with zero attached hydrogens (tertiary/aromatic N) is 2. The molecule has 2 N–H and O–H groups in total. The summed E-state index contributed by atoms with van der Waals surface area (Å²) in [5.41, 5.74) is 6.01. The average Bonchev–Trinajstić information content (AvgIpc) is 2.86. The average molecular weight is 287 g/mol. The van der Waals surface area contributed by atoms with Gasteiger partial charge in [0.25, 0.3) is 12.3 Å². The van der Waals surface area contributed by atoms with Crippen molar-refractivity contribution in [2.75, 3.05) is 18.9 Å². The number of aromatic nitrogens is 2. The van der Waals surface area contributed by atoms with E-state index in [1.54, 1.807) is 0 Å². The number of hydrogen-bond acceptors (Lipinski definition) is 5.